The maximum absolute atomic E-state index is 6.74. The Balaban J connectivity index is 1.19. The first-order chi connectivity index (χ1) is 26.9. The average molecular weight is 689 g/mol. The Hall–Kier alpha value is -6.46. The molecule has 3 heterocycles. The van der Waals surface area contributed by atoms with Crippen molar-refractivity contribution in [2.24, 2.45) is 0 Å². The van der Waals surface area contributed by atoms with E-state index in [-0.39, 0.29) is 27.3 Å². The Labute approximate surface area is 324 Å². The molecule has 0 aliphatic carbocycles. The predicted molar refractivity (Wildman–Crippen MR) is 232 cm³/mol. The molecule has 0 spiro atoms. The molecule has 4 nitrogen and oxygen atoms in total. The minimum atomic E-state index is 0.139. The summed E-state index contributed by atoms with van der Waals surface area (Å²) in [4.78, 5) is 9.99. The number of hydrogen-bond acceptors (Lipinski definition) is 3. The van der Waals surface area contributed by atoms with Gasteiger partial charge in [0.1, 0.15) is 50.4 Å². The highest BCUT2D eigenvalue weighted by atomic mass is 16.3. The van der Waals surface area contributed by atoms with Crippen LogP contribution < -0.4 is 27.3 Å². The zero-order valence-corrected chi connectivity index (χ0v) is 29.5. The molecule has 0 fully saturated rings. The molecule has 0 saturated carbocycles. The van der Waals surface area contributed by atoms with Crippen molar-refractivity contribution < 1.29 is 4.42 Å². The van der Waals surface area contributed by atoms with Gasteiger partial charge in [0.05, 0.1) is 22.4 Å². The summed E-state index contributed by atoms with van der Waals surface area (Å²) >= 11 is 0. The molecule has 3 aromatic heterocycles. The van der Waals surface area contributed by atoms with Crippen molar-refractivity contribution >= 4 is 110 Å². The Kier molecular flexibility index (Phi) is 7.74. The van der Waals surface area contributed by atoms with Gasteiger partial charge in [-0.2, -0.15) is 0 Å². The zero-order valence-electron chi connectivity index (χ0n) is 29.5. The zero-order chi connectivity index (χ0) is 37.4. The molecule has 244 valence electrons. The third-order valence-corrected chi connectivity index (χ3v) is 10.5. The van der Waals surface area contributed by atoms with Gasteiger partial charge >= 0.3 is 0 Å². The molecule has 10 aromatic rings. The van der Waals surface area contributed by atoms with E-state index in [9.17, 15) is 0 Å². The van der Waals surface area contributed by atoms with E-state index in [1.807, 2.05) is 66.7 Å². The number of aromatic nitrogens is 3. The van der Waals surface area contributed by atoms with Crippen molar-refractivity contribution in [3.8, 4) is 50.7 Å². The number of rotatable bonds is 5. The van der Waals surface area contributed by atoms with Crippen LogP contribution >= 0.6 is 0 Å². The maximum atomic E-state index is 6.74. The van der Waals surface area contributed by atoms with Gasteiger partial charge in [-0.15, -0.1) is 16.4 Å². The summed E-state index contributed by atoms with van der Waals surface area (Å²) in [6.45, 7) is 0. The highest BCUT2D eigenvalue weighted by Gasteiger charge is 2.21. The third kappa shape index (κ3) is 5.21. The molecule has 0 aliphatic heterocycles. The molecule has 9 heteroatoms. The summed E-state index contributed by atoms with van der Waals surface area (Å²) in [5.41, 5.74) is 10.9. The van der Waals surface area contributed by atoms with Crippen LogP contribution in [-0.2, 0) is 0 Å². The monoisotopic (exact) mass is 689 g/mol. The van der Waals surface area contributed by atoms with Crippen LogP contribution in [0.2, 0.25) is 0 Å². The summed E-state index contributed by atoms with van der Waals surface area (Å²) in [6, 6.07) is 49.6. The molecule has 0 atom stereocenters. The van der Waals surface area contributed by atoms with Crippen LogP contribution in [-0.4, -0.2) is 53.8 Å². The molecule has 10 radical (unpaired) electrons. The molecular formula is C46H24B5N3O. The highest BCUT2D eigenvalue weighted by molar-refractivity contribution is 6.68. The lowest BCUT2D eigenvalue weighted by Crippen LogP contribution is -2.55. The minimum Gasteiger partial charge on any atom is -0.455 e. The van der Waals surface area contributed by atoms with Crippen LogP contribution in [0.15, 0.2) is 150 Å². The molecule has 0 unspecified atom stereocenters. The fourth-order valence-corrected chi connectivity index (χ4v) is 7.84. The molecular weight excluding hydrogens is 665 g/mol. The lowest BCUT2D eigenvalue weighted by Gasteiger charge is -2.21. The average Bonchev–Trinajstić information content (AvgIpc) is 3.78. The summed E-state index contributed by atoms with van der Waals surface area (Å²) in [5.74, 6) is 0.470. The molecule has 0 amide bonds. The van der Waals surface area contributed by atoms with E-state index in [0.29, 0.717) is 28.4 Å². The molecule has 7 aromatic carbocycles. The summed E-state index contributed by atoms with van der Waals surface area (Å²) in [7, 11) is 31.9. The summed E-state index contributed by atoms with van der Waals surface area (Å²) < 4.78 is 9.06. The Bertz CT molecular complexity index is 3130. The number of furan rings is 1. The van der Waals surface area contributed by atoms with E-state index in [1.165, 1.54) is 10.8 Å². The van der Waals surface area contributed by atoms with Crippen molar-refractivity contribution in [2.45, 2.75) is 0 Å². The molecule has 0 saturated heterocycles. The molecule has 55 heavy (non-hydrogen) atoms. The fourth-order valence-electron chi connectivity index (χ4n) is 7.84. The van der Waals surface area contributed by atoms with Gasteiger partial charge in [0.25, 0.3) is 0 Å². The van der Waals surface area contributed by atoms with E-state index in [0.717, 1.165) is 55.3 Å². The minimum absolute atomic E-state index is 0.139. The largest absolute Gasteiger partial charge is 0.455 e. The Morgan fingerprint density at radius 2 is 1.07 bits per heavy atom. The van der Waals surface area contributed by atoms with Crippen molar-refractivity contribution in [3.05, 3.63) is 146 Å². The number of nitrogens with zero attached hydrogens (tertiary/aromatic N) is 3. The topological polar surface area (TPSA) is 43.9 Å². The smallest absolute Gasteiger partial charge is 0.160 e. The van der Waals surface area contributed by atoms with Crippen LogP contribution in [0, 0.1) is 0 Å². The lowest BCUT2D eigenvalue weighted by atomic mass is 9.60. The first-order valence-corrected chi connectivity index (χ1v) is 17.9. The fraction of sp³-hybridized carbons (Fsp3) is 0. The van der Waals surface area contributed by atoms with E-state index < -0.39 is 0 Å². The van der Waals surface area contributed by atoms with Crippen LogP contribution in [0.25, 0.3) is 94.5 Å². The quantitative estimate of drug-likeness (QED) is 0.205. The van der Waals surface area contributed by atoms with Crippen LogP contribution in [0.5, 0.6) is 0 Å². The highest BCUT2D eigenvalue weighted by Crippen LogP contribution is 2.42. The first kappa shape index (κ1) is 33.1. The van der Waals surface area contributed by atoms with Gasteiger partial charge in [0.15, 0.2) is 5.82 Å². The van der Waals surface area contributed by atoms with Crippen molar-refractivity contribution in [1.82, 2.24) is 14.5 Å². The Morgan fingerprint density at radius 3 is 1.85 bits per heavy atom. The van der Waals surface area contributed by atoms with E-state index >= 15 is 0 Å². The number of hydrogen-bond donors (Lipinski definition) is 0. The van der Waals surface area contributed by atoms with Gasteiger partial charge in [0, 0.05) is 38.4 Å². The van der Waals surface area contributed by atoms with Gasteiger partial charge in [-0.1, -0.05) is 108 Å². The second-order valence-electron chi connectivity index (χ2n) is 13.7. The van der Waals surface area contributed by atoms with Crippen molar-refractivity contribution in [2.75, 3.05) is 0 Å². The number of fused-ring (bicyclic) bond motifs is 6. The number of para-hydroxylation sites is 3. The van der Waals surface area contributed by atoms with E-state index in [1.54, 1.807) is 0 Å². The predicted octanol–water partition coefficient (Wildman–Crippen LogP) is 6.11. The second-order valence-corrected chi connectivity index (χ2v) is 13.7. The molecule has 0 N–H and O–H groups in total. The van der Waals surface area contributed by atoms with Gasteiger partial charge in [-0.25, -0.2) is 9.97 Å². The molecule has 0 aliphatic rings. The second kappa shape index (κ2) is 12.8. The van der Waals surface area contributed by atoms with Crippen LogP contribution in [0.3, 0.4) is 0 Å². The van der Waals surface area contributed by atoms with E-state index in [4.69, 9.17) is 53.6 Å². The van der Waals surface area contributed by atoms with Crippen molar-refractivity contribution in [3.63, 3.8) is 0 Å². The molecule has 0 bridgehead atoms. The Morgan fingerprint density at radius 1 is 0.455 bits per heavy atom. The number of benzene rings is 7. The maximum Gasteiger partial charge on any atom is 0.160 e. The van der Waals surface area contributed by atoms with Gasteiger partial charge < -0.3 is 8.98 Å². The van der Waals surface area contributed by atoms with Crippen molar-refractivity contribution in [1.29, 1.82) is 0 Å². The van der Waals surface area contributed by atoms with E-state index in [2.05, 4.69) is 83.4 Å². The van der Waals surface area contributed by atoms with Gasteiger partial charge in [0.2, 0.25) is 0 Å². The van der Waals surface area contributed by atoms with Gasteiger partial charge in [-0.05, 0) is 65.2 Å². The summed E-state index contributed by atoms with van der Waals surface area (Å²) in [6.07, 6.45) is 0. The molecule has 10 rings (SSSR count). The van der Waals surface area contributed by atoms with Gasteiger partial charge in [-0.3, -0.25) is 0 Å². The lowest BCUT2D eigenvalue weighted by molar-refractivity contribution is 0.670. The normalized spacial score (nSPS) is 11.6. The third-order valence-electron chi connectivity index (χ3n) is 10.5. The van der Waals surface area contributed by atoms with Crippen LogP contribution in [0.4, 0.5) is 0 Å². The van der Waals surface area contributed by atoms with Crippen LogP contribution in [0.1, 0.15) is 0 Å². The first-order valence-electron chi connectivity index (χ1n) is 17.9. The summed E-state index contributed by atoms with van der Waals surface area (Å²) in [5, 5.41) is 4.33. The SMILES string of the molecule is [B]c1c([B])c([B])c(-c2cc(-c3cccc4c3oc3cccc(-c5ccc6c(c5)c5ccccc5n6-c5ccccc5)c34)nc(-c3ccccc3)n2)c([B])c1[B]. The standard InChI is InChI=1S/C46H24B5N3O/c47-40-39(41(48)43(50)44(51)42(40)49)34-24-33(52-46(53-34)25-11-3-1-4-12-25)30-17-9-18-31-38-28(16-10-20-37(38)55-45(30)31)26-21-22-36-32(23-26)29-15-7-8-19-35(29)54(36)27-13-5-2-6-14-27/h1-24H.